The Balaban J connectivity index is 1.66. The number of aldehydes is 1. The molecule has 0 spiro atoms. The van der Waals surface area contributed by atoms with Crippen molar-refractivity contribution in [2.24, 2.45) is 5.41 Å². The first-order valence-electron chi connectivity index (χ1n) is 7.65. The van der Waals surface area contributed by atoms with E-state index in [1.54, 1.807) is 0 Å². The van der Waals surface area contributed by atoms with Gasteiger partial charge in [-0.25, -0.2) is 0 Å². The summed E-state index contributed by atoms with van der Waals surface area (Å²) in [6, 6.07) is 8.73. The summed E-state index contributed by atoms with van der Waals surface area (Å²) in [4.78, 5) is 14.0. The molecule has 0 amide bonds. The molecule has 3 nitrogen and oxygen atoms in total. The van der Waals surface area contributed by atoms with Crippen LogP contribution in [0.25, 0.3) is 0 Å². The number of carbonyl (C=O) groups excluding carboxylic acids is 1. The van der Waals surface area contributed by atoms with Crippen LogP contribution in [0.3, 0.4) is 0 Å². The highest BCUT2D eigenvalue weighted by molar-refractivity contribution is 5.60. The lowest BCUT2D eigenvalue weighted by atomic mass is 9.81. The van der Waals surface area contributed by atoms with Crippen LogP contribution in [0.5, 0.6) is 0 Å². The first-order chi connectivity index (χ1) is 9.81. The normalized spacial score (nSPS) is 22.8. The van der Waals surface area contributed by atoms with Gasteiger partial charge in [-0.1, -0.05) is 24.3 Å². The van der Waals surface area contributed by atoms with E-state index in [-0.39, 0.29) is 5.41 Å². The fraction of sp³-hybridized carbons (Fsp3) is 0.588. The number of hydrogen-bond acceptors (Lipinski definition) is 3. The van der Waals surface area contributed by atoms with E-state index < -0.39 is 0 Å². The number of rotatable bonds is 3. The number of benzene rings is 1. The Kier molecular flexibility index (Phi) is 4.18. The third-order valence-electron chi connectivity index (χ3n) is 4.79. The quantitative estimate of drug-likeness (QED) is 0.790. The van der Waals surface area contributed by atoms with Crippen molar-refractivity contribution in [3.63, 3.8) is 0 Å². The molecule has 1 fully saturated rings. The monoisotopic (exact) mass is 273 g/mol. The maximum Gasteiger partial charge on any atom is 0.127 e. The number of nitrogens with zero attached hydrogens (tertiary/aromatic N) is 1. The zero-order valence-electron chi connectivity index (χ0n) is 12.0. The first-order valence-corrected chi connectivity index (χ1v) is 7.65. The highest BCUT2D eigenvalue weighted by Gasteiger charge is 2.34. The molecule has 0 atom stereocenters. The van der Waals surface area contributed by atoms with Crippen molar-refractivity contribution in [3.05, 3.63) is 35.4 Å². The highest BCUT2D eigenvalue weighted by Crippen LogP contribution is 2.30. The summed E-state index contributed by atoms with van der Waals surface area (Å²) in [5.74, 6) is 0. The standard InChI is InChI=1S/C17H23NO2/c19-14-17(7-11-20-12-8-17)13-18-9-5-15-3-1-2-4-16(15)6-10-18/h1-4,14H,5-13H2. The Morgan fingerprint density at radius 3 is 2.25 bits per heavy atom. The van der Waals surface area contributed by atoms with Crippen molar-refractivity contribution in [1.82, 2.24) is 4.90 Å². The number of fused-ring (bicyclic) bond motifs is 1. The predicted octanol–water partition coefficient (Wildman–Crippen LogP) is 2.08. The lowest BCUT2D eigenvalue weighted by molar-refractivity contribution is -0.123. The molecule has 0 N–H and O–H groups in total. The highest BCUT2D eigenvalue weighted by atomic mass is 16.5. The maximum absolute atomic E-state index is 11.6. The molecule has 2 heterocycles. The molecule has 1 aromatic carbocycles. The minimum Gasteiger partial charge on any atom is -0.381 e. The van der Waals surface area contributed by atoms with Gasteiger partial charge in [0.25, 0.3) is 0 Å². The summed E-state index contributed by atoms with van der Waals surface area (Å²) < 4.78 is 5.41. The zero-order valence-corrected chi connectivity index (χ0v) is 12.0. The van der Waals surface area contributed by atoms with E-state index >= 15 is 0 Å². The minimum absolute atomic E-state index is 0.172. The molecular weight excluding hydrogens is 250 g/mol. The third kappa shape index (κ3) is 2.94. The smallest absolute Gasteiger partial charge is 0.127 e. The van der Waals surface area contributed by atoms with Crippen molar-refractivity contribution in [1.29, 1.82) is 0 Å². The van der Waals surface area contributed by atoms with Crippen molar-refractivity contribution in [3.8, 4) is 0 Å². The first kappa shape index (κ1) is 13.8. The summed E-state index contributed by atoms with van der Waals surface area (Å²) in [6.07, 6.45) is 5.14. The Morgan fingerprint density at radius 2 is 1.70 bits per heavy atom. The Morgan fingerprint density at radius 1 is 1.10 bits per heavy atom. The third-order valence-corrected chi connectivity index (χ3v) is 4.79. The molecule has 0 aliphatic carbocycles. The molecule has 0 unspecified atom stereocenters. The molecule has 3 rings (SSSR count). The molecule has 3 heteroatoms. The van der Waals surface area contributed by atoms with Crippen LogP contribution >= 0.6 is 0 Å². The van der Waals surface area contributed by atoms with Crippen molar-refractivity contribution >= 4 is 6.29 Å². The molecule has 0 radical (unpaired) electrons. The molecule has 1 aromatic rings. The van der Waals surface area contributed by atoms with Crippen LogP contribution in [0.2, 0.25) is 0 Å². The number of carbonyl (C=O) groups is 1. The van der Waals surface area contributed by atoms with Crippen LogP contribution in [0, 0.1) is 5.41 Å². The van der Waals surface area contributed by atoms with Gasteiger partial charge < -0.3 is 14.4 Å². The van der Waals surface area contributed by atoms with Gasteiger partial charge in [-0.15, -0.1) is 0 Å². The van der Waals surface area contributed by atoms with Crippen LogP contribution in [0.15, 0.2) is 24.3 Å². The van der Waals surface area contributed by atoms with Gasteiger partial charge in [0.1, 0.15) is 6.29 Å². The molecule has 1 saturated heterocycles. The molecule has 20 heavy (non-hydrogen) atoms. The molecule has 2 aliphatic rings. The molecule has 2 aliphatic heterocycles. The summed E-state index contributed by atoms with van der Waals surface area (Å²) in [5.41, 5.74) is 2.78. The second kappa shape index (κ2) is 6.06. The van der Waals surface area contributed by atoms with Gasteiger partial charge in [0.2, 0.25) is 0 Å². The summed E-state index contributed by atoms with van der Waals surface area (Å²) in [6.45, 7) is 4.48. The molecule has 0 saturated carbocycles. The second-order valence-electron chi connectivity index (χ2n) is 6.14. The molecule has 108 valence electrons. The van der Waals surface area contributed by atoms with Gasteiger partial charge in [-0.2, -0.15) is 0 Å². The summed E-state index contributed by atoms with van der Waals surface area (Å²) in [7, 11) is 0. The summed E-state index contributed by atoms with van der Waals surface area (Å²) in [5, 5.41) is 0. The lowest BCUT2D eigenvalue weighted by Crippen LogP contribution is -2.43. The lowest BCUT2D eigenvalue weighted by Gasteiger charge is -2.36. The van der Waals surface area contributed by atoms with E-state index in [2.05, 4.69) is 29.2 Å². The Hall–Kier alpha value is -1.19. The van der Waals surface area contributed by atoms with Crippen molar-refractivity contribution in [2.45, 2.75) is 25.7 Å². The van der Waals surface area contributed by atoms with E-state index in [0.717, 1.165) is 58.5 Å². The van der Waals surface area contributed by atoms with E-state index in [1.165, 1.54) is 17.4 Å². The van der Waals surface area contributed by atoms with Crippen LogP contribution in [-0.2, 0) is 22.4 Å². The molecule has 0 bridgehead atoms. The summed E-state index contributed by atoms with van der Waals surface area (Å²) >= 11 is 0. The Labute approximate surface area is 120 Å². The van der Waals surface area contributed by atoms with E-state index in [4.69, 9.17) is 4.74 Å². The topological polar surface area (TPSA) is 29.5 Å². The minimum atomic E-state index is -0.172. The van der Waals surface area contributed by atoms with E-state index in [9.17, 15) is 4.79 Å². The van der Waals surface area contributed by atoms with Gasteiger partial charge in [0.15, 0.2) is 0 Å². The van der Waals surface area contributed by atoms with Crippen LogP contribution in [-0.4, -0.2) is 44.0 Å². The van der Waals surface area contributed by atoms with Crippen molar-refractivity contribution in [2.75, 3.05) is 32.8 Å². The Bertz CT molecular complexity index is 439. The number of hydrogen-bond donors (Lipinski definition) is 0. The van der Waals surface area contributed by atoms with E-state index in [0.29, 0.717) is 0 Å². The van der Waals surface area contributed by atoms with Crippen LogP contribution in [0.1, 0.15) is 24.0 Å². The van der Waals surface area contributed by atoms with Crippen molar-refractivity contribution < 1.29 is 9.53 Å². The largest absolute Gasteiger partial charge is 0.381 e. The van der Waals surface area contributed by atoms with Gasteiger partial charge in [0, 0.05) is 38.3 Å². The molecular formula is C17H23NO2. The molecule has 0 aromatic heterocycles. The second-order valence-corrected chi connectivity index (χ2v) is 6.14. The van der Waals surface area contributed by atoms with Gasteiger partial charge in [-0.05, 0) is 36.8 Å². The fourth-order valence-electron chi connectivity index (χ4n) is 3.41. The van der Waals surface area contributed by atoms with E-state index in [1.807, 2.05) is 0 Å². The zero-order chi connectivity index (χ0) is 13.8. The average molecular weight is 273 g/mol. The van der Waals surface area contributed by atoms with Crippen LogP contribution < -0.4 is 0 Å². The van der Waals surface area contributed by atoms with Gasteiger partial charge >= 0.3 is 0 Å². The van der Waals surface area contributed by atoms with Gasteiger partial charge in [-0.3, -0.25) is 0 Å². The average Bonchev–Trinajstić information content (AvgIpc) is 2.71. The predicted molar refractivity (Wildman–Crippen MR) is 78.8 cm³/mol. The van der Waals surface area contributed by atoms with Crippen LogP contribution in [0.4, 0.5) is 0 Å². The van der Waals surface area contributed by atoms with Gasteiger partial charge in [0.05, 0.1) is 0 Å². The maximum atomic E-state index is 11.6. The SMILES string of the molecule is O=CC1(CN2CCc3ccccc3CC2)CCOCC1. The fourth-order valence-corrected chi connectivity index (χ4v) is 3.41. The number of ether oxygens (including phenoxy) is 1.